The molecule has 0 saturated carbocycles. The lowest BCUT2D eigenvalue weighted by atomic mass is 9.94. The minimum absolute atomic E-state index is 0.0869. The summed E-state index contributed by atoms with van der Waals surface area (Å²) in [5.74, 6) is 0. The van der Waals surface area contributed by atoms with Crippen LogP contribution in [0.5, 0.6) is 0 Å². The highest BCUT2D eigenvalue weighted by atomic mass is 32.2. The standard InChI is InChI=1S/C22H18F12O6S2/c1-41(35,36)39-17(11-5-13(19(23,24)25)9-14(6-11)20(26,27)28)3-4-18(40-42(2,37)38)12-7-15(21(29,30)31)10-16(8-12)22(32,33)34/h5-10,17-18H,3-4H2,1-2H3/t17-,18-/m1/s1. The first-order valence-electron chi connectivity index (χ1n) is 10.9. The van der Waals surface area contributed by atoms with Gasteiger partial charge in [-0.15, -0.1) is 0 Å². The molecule has 2 rings (SSSR count). The number of benzene rings is 2. The Hall–Kier alpha value is -2.58. The monoisotopic (exact) mass is 670 g/mol. The molecule has 0 amide bonds. The van der Waals surface area contributed by atoms with E-state index in [-0.39, 0.29) is 36.4 Å². The Morgan fingerprint density at radius 1 is 0.500 bits per heavy atom. The molecule has 0 heterocycles. The van der Waals surface area contributed by atoms with Crippen LogP contribution in [0.4, 0.5) is 52.7 Å². The van der Waals surface area contributed by atoms with Crippen molar-refractivity contribution in [3.63, 3.8) is 0 Å². The molecule has 0 saturated heterocycles. The van der Waals surface area contributed by atoms with Gasteiger partial charge in [-0.05, 0) is 60.4 Å². The summed E-state index contributed by atoms with van der Waals surface area (Å²) >= 11 is 0. The van der Waals surface area contributed by atoms with Crippen LogP contribution in [0.25, 0.3) is 0 Å². The lowest BCUT2D eigenvalue weighted by molar-refractivity contribution is -0.144. The molecule has 0 unspecified atom stereocenters. The second-order valence-electron chi connectivity index (χ2n) is 8.83. The molecule has 0 aliphatic rings. The summed E-state index contributed by atoms with van der Waals surface area (Å²) in [5, 5.41) is 0. The molecule has 0 N–H and O–H groups in total. The number of hydrogen-bond acceptors (Lipinski definition) is 6. The Bertz CT molecular complexity index is 1310. The van der Waals surface area contributed by atoms with Crippen molar-refractivity contribution < 1.29 is 77.9 Å². The van der Waals surface area contributed by atoms with Crippen molar-refractivity contribution in [1.82, 2.24) is 0 Å². The van der Waals surface area contributed by atoms with Crippen LogP contribution in [0.3, 0.4) is 0 Å². The molecule has 2 aromatic carbocycles. The average molecular weight is 670 g/mol. The van der Waals surface area contributed by atoms with Crippen LogP contribution in [0.15, 0.2) is 36.4 Å². The first-order chi connectivity index (χ1) is 18.6. The third kappa shape index (κ3) is 10.6. The van der Waals surface area contributed by atoms with Gasteiger partial charge in [-0.3, -0.25) is 8.37 Å². The summed E-state index contributed by atoms with van der Waals surface area (Å²) in [5.41, 5.74) is -9.70. The highest BCUT2D eigenvalue weighted by Crippen LogP contribution is 2.42. The van der Waals surface area contributed by atoms with Crippen molar-refractivity contribution in [2.75, 3.05) is 12.5 Å². The highest BCUT2D eigenvalue weighted by molar-refractivity contribution is 7.86. The van der Waals surface area contributed by atoms with Crippen molar-refractivity contribution >= 4 is 20.2 Å². The zero-order valence-corrected chi connectivity index (χ0v) is 22.5. The molecule has 6 nitrogen and oxygen atoms in total. The Balaban J connectivity index is 2.71. The van der Waals surface area contributed by atoms with Crippen LogP contribution in [-0.2, 0) is 53.3 Å². The quantitative estimate of drug-likeness (QED) is 0.206. The first kappa shape index (κ1) is 35.6. The van der Waals surface area contributed by atoms with E-state index < -0.39 is 103 Å². The van der Waals surface area contributed by atoms with E-state index in [9.17, 15) is 69.5 Å². The van der Waals surface area contributed by atoms with E-state index in [1.165, 1.54) is 0 Å². The number of rotatable bonds is 9. The number of alkyl halides is 12. The Morgan fingerprint density at radius 3 is 0.881 bits per heavy atom. The fourth-order valence-corrected chi connectivity index (χ4v) is 4.85. The van der Waals surface area contributed by atoms with E-state index in [4.69, 9.17) is 0 Å². The average Bonchev–Trinajstić information content (AvgIpc) is 2.76. The molecule has 0 aliphatic heterocycles. The molecule has 0 fully saturated rings. The molecule has 0 spiro atoms. The lowest BCUT2D eigenvalue weighted by Gasteiger charge is -2.24. The smallest absolute Gasteiger partial charge is 0.262 e. The van der Waals surface area contributed by atoms with Gasteiger partial charge in [0.2, 0.25) is 0 Å². The van der Waals surface area contributed by atoms with E-state index in [0.29, 0.717) is 12.5 Å². The largest absolute Gasteiger partial charge is 0.416 e. The van der Waals surface area contributed by atoms with Crippen molar-refractivity contribution in [3.8, 4) is 0 Å². The molecule has 0 radical (unpaired) electrons. The van der Waals surface area contributed by atoms with Gasteiger partial charge in [-0.25, -0.2) is 0 Å². The predicted octanol–water partition coefficient (Wildman–Crippen LogP) is 7.28. The van der Waals surface area contributed by atoms with Crippen LogP contribution in [0.2, 0.25) is 0 Å². The van der Waals surface area contributed by atoms with Crippen LogP contribution in [0.1, 0.15) is 58.4 Å². The first-order valence-corrected chi connectivity index (χ1v) is 14.5. The molecule has 0 bridgehead atoms. The van der Waals surface area contributed by atoms with E-state index in [1.54, 1.807) is 0 Å². The maximum Gasteiger partial charge on any atom is 0.416 e. The molecular weight excluding hydrogens is 652 g/mol. The minimum Gasteiger partial charge on any atom is -0.262 e. The zero-order valence-electron chi connectivity index (χ0n) is 20.8. The third-order valence-corrected chi connectivity index (χ3v) is 6.40. The topological polar surface area (TPSA) is 86.7 Å². The van der Waals surface area contributed by atoms with Crippen LogP contribution in [0, 0.1) is 0 Å². The van der Waals surface area contributed by atoms with Crippen molar-refractivity contribution in [1.29, 1.82) is 0 Å². The van der Waals surface area contributed by atoms with Crippen molar-refractivity contribution in [3.05, 3.63) is 69.8 Å². The second kappa shape index (κ2) is 11.8. The van der Waals surface area contributed by atoms with Crippen molar-refractivity contribution in [2.24, 2.45) is 0 Å². The normalized spacial score (nSPS) is 15.5. The summed E-state index contributed by atoms with van der Waals surface area (Å²) < 4.78 is 216. The second-order valence-corrected chi connectivity index (χ2v) is 12.0. The van der Waals surface area contributed by atoms with Gasteiger partial charge in [0.1, 0.15) is 12.2 Å². The fraction of sp³-hybridized carbons (Fsp3) is 0.455. The van der Waals surface area contributed by atoms with Gasteiger partial charge in [0.05, 0.1) is 34.8 Å². The molecule has 2 atom stereocenters. The summed E-state index contributed by atoms with van der Waals surface area (Å²) in [7, 11) is -9.37. The summed E-state index contributed by atoms with van der Waals surface area (Å²) in [6, 6.07) is -0.240. The van der Waals surface area contributed by atoms with Crippen LogP contribution < -0.4 is 0 Å². The molecule has 0 aliphatic carbocycles. The van der Waals surface area contributed by atoms with Crippen LogP contribution >= 0.6 is 0 Å². The van der Waals surface area contributed by atoms with Gasteiger partial charge in [0.15, 0.2) is 0 Å². The summed E-state index contributed by atoms with van der Waals surface area (Å²) in [6.45, 7) is 0. The highest BCUT2D eigenvalue weighted by Gasteiger charge is 2.40. The van der Waals surface area contributed by atoms with Gasteiger partial charge < -0.3 is 0 Å². The van der Waals surface area contributed by atoms with E-state index >= 15 is 0 Å². The van der Waals surface area contributed by atoms with Gasteiger partial charge in [-0.1, -0.05) is 0 Å². The molecule has 42 heavy (non-hydrogen) atoms. The van der Waals surface area contributed by atoms with E-state index in [2.05, 4.69) is 8.37 Å². The Morgan fingerprint density at radius 2 is 0.714 bits per heavy atom. The Labute approximate surface area is 230 Å². The number of halogens is 12. The van der Waals surface area contributed by atoms with E-state index in [0.717, 1.165) is 0 Å². The molecule has 20 heteroatoms. The van der Waals surface area contributed by atoms with Gasteiger partial charge >= 0.3 is 24.7 Å². The molecule has 238 valence electrons. The SMILES string of the molecule is CS(=O)(=O)O[C@H](CC[C@@H](OS(C)(=O)=O)c1cc(C(F)(F)F)cc(C(F)(F)F)c1)c1cc(C(F)(F)F)cc(C(F)(F)F)c1. The van der Waals surface area contributed by atoms with Gasteiger partial charge in [-0.2, -0.15) is 69.5 Å². The zero-order chi connectivity index (χ0) is 32.7. The lowest BCUT2D eigenvalue weighted by Crippen LogP contribution is -2.18. The minimum atomic E-state index is -5.39. The van der Waals surface area contributed by atoms with Gasteiger partial charge in [0, 0.05) is 0 Å². The van der Waals surface area contributed by atoms with Gasteiger partial charge in [0.25, 0.3) is 20.2 Å². The number of hydrogen-bond donors (Lipinski definition) is 0. The Kier molecular flexibility index (Phi) is 10.0. The molecule has 2 aromatic rings. The van der Waals surface area contributed by atoms with Crippen LogP contribution in [-0.4, -0.2) is 29.3 Å². The molecule has 0 aromatic heterocycles. The maximum absolute atomic E-state index is 13.3. The third-order valence-electron chi connectivity index (χ3n) is 5.24. The summed E-state index contributed by atoms with van der Waals surface area (Å²) in [4.78, 5) is 0. The fourth-order valence-electron chi connectivity index (χ4n) is 3.60. The summed E-state index contributed by atoms with van der Waals surface area (Å²) in [6.07, 6.45) is -27.5. The predicted molar refractivity (Wildman–Crippen MR) is 119 cm³/mol. The van der Waals surface area contributed by atoms with Crippen molar-refractivity contribution in [2.45, 2.75) is 49.8 Å². The molecular formula is C22H18F12O6S2. The van der Waals surface area contributed by atoms with E-state index in [1.807, 2.05) is 0 Å². The maximum atomic E-state index is 13.3.